The number of hydrogen-bond acceptors (Lipinski definition) is 6. The summed E-state index contributed by atoms with van der Waals surface area (Å²) >= 11 is 6.26. The number of methoxy groups -OCH3 is 1. The fourth-order valence-corrected chi connectivity index (χ4v) is 3.95. The SMILES string of the molecule is CC[C@H](C)c1ccc(OCCOc2ccc(/C=C3\SC(=S)NC3=O)cc2OC)cc1. The van der Waals surface area contributed by atoms with Gasteiger partial charge in [0.15, 0.2) is 11.5 Å². The van der Waals surface area contributed by atoms with E-state index in [1.165, 1.54) is 17.3 Å². The molecule has 1 aliphatic heterocycles. The van der Waals surface area contributed by atoms with E-state index in [-0.39, 0.29) is 5.91 Å². The van der Waals surface area contributed by atoms with Crippen molar-refractivity contribution in [3.63, 3.8) is 0 Å². The van der Waals surface area contributed by atoms with Crippen molar-refractivity contribution in [3.8, 4) is 17.2 Å². The van der Waals surface area contributed by atoms with Gasteiger partial charge in [-0.15, -0.1) is 0 Å². The molecule has 5 nitrogen and oxygen atoms in total. The molecule has 0 saturated carbocycles. The summed E-state index contributed by atoms with van der Waals surface area (Å²) in [6.07, 6.45) is 2.89. The van der Waals surface area contributed by atoms with Crippen molar-refractivity contribution >= 4 is 40.3 Å². The maximum atomic E-state index is 11.8. The number of benzene rings is 2. The van der Waals surface area contributed by atoms with Crippen LogP contribution in [0.15, 0.2) is 47.4 Å². The molecule has 1 fully saturated rings. The molecule has 1 saturated heterocycles. The molecular formula is C23H25NO4S2. The lowest BCUT2D eigenvalue weighted by Crippen LogP contribution is -2.17. The zero-order valence-corrected chi connectivity index (χ0v) is 18.9. The number of hydrogen-bond donors (Lipinski definition) is 1. The number of nitrogens with one attached hydrogen (secondary N) is 1. The highest BCUT2D eigenvalue weighted by Gasteiger charge is 2.22. The van der Waals surface area contributed by atoms with Gasteiger partial charge in [-0.1, -0.05) is 56.0 Å². The monoisotopic (exact) mass is 443 g/mol. The average molecular weight is 444 g/mol. The maximum absolute atomic E-state index is 11.8. The number of amides is 1. The van der Waals surface area contributed by atoms with Crippen LogP contribution in [0.25, 0.3) is 6.08 Å². The third-order valence-electron chi connectivity index (χ3n) is 4.80. The van der Waals surface area contributed by atoms with Gasteiger partial charge in [-0.25, -0.2) is 0 Å². The van der Waals surface area contributed by atoms with E-state index in [0.29, 0.717) is 39.9 Å². The Morgan fingerprint density at radius 1 is 1.10 bits per heavy atom. The lowest BCUT2D eigenvalue weighted by atomic mass is 9.99. The predicted octanol–water partition coefficient (Wildman–Crippen LogP) is 5.16. The topological polar surface area (TPSA) is 56.8 Å². The first-order valence-electron chi connectivity index (χ1n) is 9.78. The Kier molecular flexibility index (Phi) is 7.76. The summed E-state index contributed by atoms with van der Waals surface area (Å²) in [6, 6.07) is 13.7. The molecule has 7 heteroatoms. The van der Waals surface area contributed by atoms with E-state index in [0.717, 1.165) is 17.7 Å². The lowest BCUT2D eigenvalue weighted by Gasteiger charge is -2.13. The largest absolute Gasteiger partial charge is 0.493 e. The van der Waals surface area contributed by atoms with E-state index in [1.807, 2.05) is 30.3 Å². The Hall–Kier alpha value is -2.51. The Morgan fingerprint density at radius 2 is 1.83 bits per heavy atom. The van der Waals surface area contributed by atoms with Crippen LogP contribution in [0.3, 0.4) is 0 Å². The summed E-state index contributed by atoms with van der Waals surface area (Å²) in [6.45, 7) is 5.21. The molecule has 0 bridgehead atoms. The number of thiocarbonyl (C=S) groups is 1. The molecule has 0 aliphatic carbocycles. The second-order valence-electron chi connectivity index (χ2n) is 6.84. The molecule has 2 aromatic rings. The zero-order valence-electron chi connectivity index (χ0n) is 17.3. The highest BCUT2D eigenvalue weighted by atomic mass is 32.2. The number of carbonyl (C=O) groups is 1. The normalized spacial score (nSPS) is 15.8. The molecule has 2 aromatic carbocycles. The Balaban J connectivity index is 1.54. The summed E-state index contributed by atoms with van der Waals surface area (Å²) in [4.78, 5) is 12.4. The van der Waals surface area contributed by atoms with Gasteiger partial charge in [-0.2, -0.15) is 0 Å². The van der Waals surface area contributed by atoms with E-state index >= 15 is 0 Å². The minimum atomic E-state index is -0.182. The summed E-state index contributed by atoms with van der Waals surface area (Å²) in [5.41, 5.74) is 2.15. The van der Waals surface area contributed by atoms with Gasteiger partial charge in [0, 0.05) is 0 Å². The molecule has 1 aliphatic rings. The summed E-state index contributed by atoms with van der Waals surface area (Å²) in [5.74, 6) is 2.40. The number of thioether (sulfide) groups is 1. The second-order valence-corrected chi connectivity index (χ2v) is 8.56. The van der Waals surface area contributed by atoms with Crippen LogP contribution in [0.4, 0.5) is 0 Å². The molecule has 1 N–H and O–H groups in total. The molecule has 0 radical (unpaired) electrons. The Bertz CT molecular complexity index is 941. The Morgan fingerprint density at radius 3 is 2.47 bits per heavy atom. The molecule has 1 atom stereocenters. The zero-order chi connectivity index (χ0) is 21.5. The number of ether oxygens (including phenoxy) is 3. The van der Waals surface area contributed by atoms with E-state index in [2.05, 4.69) is 31.3 Å². The van der Waals surface area contributed by atoms with Gasteiger partial charge in [0.25, 0.3) is 5.91 Å². The average Bonchev–Trinajstić information content (AvgIpc) is 3.08. The fourth-order valence-electron chi connectivity index (χ4n) is 2.91. The molecule has 1 heterocycles. The quantitative estimate of drug-likeness (QED) is 0.328. The molecule has 3 rings (SSSR count). The van der Waals surface area contributed by atoms with Crippen LogP contribution in [-0.4, -0.2) is 30.6 Å². The molecule has 1 amide bonds. The van der Waals surface area contributed by atoms with Crippen molar-refractivity contribution < 1.29 is 19.0 Å². The Labute approximate surface area is 186 Å². The van der Waals surface area contributed by atoms with Crippen LogP contribution >= 0.6 is 24.0 Å². The van der Waals surface area contributed by atoms with Gasteiger partial charge in [0.1, 0.15) is 23.3 Å². The van der Waals surface area contributed by atoms with Crippen molar-refractivity contribution in [3.05, 3.63) is 58.5 Å². The highest BCUT2D eigenvalue weighted by molar-refractivity contribution is 8.26. The van der Waals surface area contributed by atoms with Crippen LogP contribution in [0.1, 0.15) is 37.3 Å². The van der Waals surface area contributed by atoms with E-state index in [1.54, 1.807) is 13.2 Å². The standard InChI is InChI=1S/C23H25NO4S2/c1-4-15(2)17-6-8-18(9-7-17)27-11-12-28-19-10-5-16(13-20(19)26-3)14-21-22(25)24-23(29)30-21/h5-10,13-15H,4,11-12H2,1-3H3,(H,24,25,29)/b21-14-/t15-/m0/s1. The van der Waals surface area contributed by atoms with Crippen molar-refractivity contribution in [2.24, 2.45) is 0 Å². The molecule has 158 valence electrons. The minimum Gasteiger partial charge on any atom is -0.493 e. The first kappa shape index (κ1) is 22.2. The van der Waals surface area contributed by atoms with Crippen LogP contribution in [-0.2, 0) is 4.79 Å². The van der Waals surface area contributed by atoms with Crippen LogP contribution in [0.5, 0.6) is 17.2 Å². The maximum Gasteiger partial charge on any atom is 0.263 e. The molecule has 0 unspecified atom stereocenters. The van der Waals surface area contributed by atoms with Gasteiger partial charge in [-0.3, -0.25) is 4.79 Å². The third-order valence-corrected chi connectivity index (χ3v) is 5.96. The first-order chi connectivity index (χ1) is 14.5. The molecule has 0 spiro atoms. The first-order valence-corrected chi connectivity index (χ1v) is 11.0. The minimum absolute atomic E-state index is 0.182. The van der Waals surface area contributed by atoms with Crippen LogP contribution < -0.4 is 19.5 Å². The third kappa shape index (κ3) is 5.77. The van der Waals surface area contributed by atoms with Crippen molar-refractivity contribution in [1.82, 2.24) is 5.32 Å². The van der Waals surface area contributed by atoms with Gasteiger partial charge in [0.05, 0.1) is 12.0 Å². The predicted molar refractivity (Wildman–Crippen MR) is 125 cm³/mol. The lowest BCUT2D eigenvalue weighted by molar-refractivity contribution is -0.115. The highest BCUT2D eigenvalue weighted by Crippen LogP contribution is 2.31. The summed E-state index contributed by atoms with van der Waals surface area (Å²) in [7, 11) is 1.58. The number of rotatable bonds is 9. The van der Waals surface area contributed by atoms with Gasteiger partial charge in [-0.05, 0) is 53.8 Å². The van der Waals surface area contributed by atoms with Gasteiger partial charge >= 0.3 is 0 Å². The van der Waals surface area contributed by atoms with Gasteiger partial charge in [0.2, 0.25) is 0 Å². The smallest absolute Gasteiger partial charge is 0.263 e. The molecule has 0 aromatic heterocycles. The van der Waals surface area contributed by atoms with E-state index in [4.69, 9.17) is 26.4 Å². The van der Waals surface area contributed by atoms with Gasteiger partial charge < -0.3 is 19.5 Å². The second kappa shape index (κ2) is 10.5. The van der Waals surface area contributed by atoms with Crippen molar-refractivity contribution in [1.29, 1.82) is 0 Å². The van der Waals surface area contributed by atoms with E-state index in [9.17, 15) is 4.79 Å². The van der Waals surface area contributed by atoms with E-state index < -0.39 is 0 Å². The summed E-state index contributed by atoms with van der Waals surface area (Å²) < 4.78 is 17.5. The fraction of sp³-hybridized carbons (Fsp3) is 0.304. The molecular weight excluding hydrogens is 418 g/mol. The van der Waals surface area contributed by atoms with Crippen LogP contribution in [0, 0.1) is 0 Å². The number of carbonyl (C=O) groups excluding carboxylic acids is 1. The van der Waals surface area contributed by atoms with Crippen LogP contribution in [0.2, 0.25) is 0 Å². The van der Waals surface area contributed by atoms with Crippen molar-refractivity contribution in [2.45, 2.75) is 26.2 Å². The van der Waals surface area contributed by atoms with Crippen molar-refractivity contribution in [2.75, 3.05) is 20.3 Å². The molecule has 30 heavy (non-hydrogen) atoms. The summed E-state index contributed by atoms with van der Waals surface area (Å²) in [5, 5.41) is 2.60.